The molecule has 0 saturated carbocycles. The number of rotatable bonds is 7. The van der Waals surface area contributed by atoms with Crippen LogP contribution in [0.25, 0.3) is 32.9 Å². The lowest BCUT2D eigenvalue weighted by Gasteiger charge is -2.34. The second-order valence-corrected chi connectivity index (χ2v) is 12.8. The molecule has 3 fully saturated rings. The molecule has 0 amide bonds. The van der Waals surface area contributed by atoms with Crippen LogP contribution in [0, 0.1) is 17.6 Å². The van der Waals surface area contributed by atoms with Crippen LogP contribution >= 0.6 is 0 Å². The minimum absolute atomic E-state index is 0.00658. The Balaban J connectivity index is 1.37. The number of aromatic hydroxyl groups is 1. The lowest BCUT2D eigenvalue weighted by Crippen LogP contribution is -2.43. The number of aromatic nitrogens is 3. The number of anilines is 1. The Kier molecular flexibility index (Phi) is 7.53. The normalized spacial score (nSPS) is 24.0. The van der Waals surface area contributed by atoms with E-state index in [4.69, 9.17) is 14.5 Å². The summed E-state index contributed by atoms with van der Waals surface area (Å²) in [6, 6.07) is 6.10. The predicted molar refractivity (Wildman–Crippen MR) is 166 cm³/mol. The summed E-state index contributed by atoms with van der Waals surface area (Å²) in [4.78, 5) is 18.7. The lowest BCUT2D eigenvalue weighted by atomic mass is 9.92. The molecule has 4 aromatic rings. The highest BCUT2D eigenvalue weighted by Crippen LogP contribution is 2.43. The van der Waals surface area contributed by atoms with Gasteiger partial charge in [0.25, 0.3) is 0 Å². The highest BCUT2D eigenvalue weighted by molar-refractivity contribution is 6.01. The molecule has 8 nitrogen and oxygen atoms in total. The van der Waals surface area contributed by atoms with E-state index in [1.165, 1.54) is 12.1 Å². The predicted octanol–water partition coefficient (Wildman–Crippen LogP) is 6.26. The number of pyridine rings is 1. The van der Waals surface area contributed by atoms with E-state index in [1.807, 2.05) is 6.92 Å². The third-order valence-corrected chi connectivity index (χ3v) is 9.89. The average Bonchev–Trinajstić information content (AvgIpc) is 3.55. The van der Waals surface area contributed by atoms with Gasteiger partial charge in [0, 0.05) is 38.5 Å². The second kappa shape index (κ2) is 11.4. The van der Waals surface area contributed by atoms with Gasteiger partial charge in [0.05, 0.1) is 17.0 Å². The highest BCUT2D eigenvalue weighted by atomic mass is 19.1. The van der Waals surface area contributed by atoms with Gasteiger partial charge < -0.3 is 19.5 Å². The average molecular weight is 604 g/mol. The van der Waals surface area contributed by atoms with Crippen LogP contribution in [0.2, 0.25) is 0 Å². The van der Waals surface area contributed by atoms with E-state index in [0.29, 0.717) is 58.6 Å². The number of halogens is 2. The summed E-state index contributed by atoms with van der Waals surface area (Å²) in [7, 11) is 1.70. The van der Waals surface area contributed by atoms with E-state index < -0.39 is 5.82 Å². The Morgan fingerprint density at radius 3 is 2.80 bits per heavy atom. The number of hydrogen-bond donors (Lipinski definition) is 1. The van der Waals surface area contributed by atoms with Gasteiger partial charge in [-0.1, -0.05) is 19.9 Å². The van der Waals surface area contributed by atoms with Crippen molar-refractivity contribution >= 4 is 27.5 Å². The molecular weight excluding hydrogens is 564 g/mol. The molecule has 232 valence electrons. The Morgan fingerprint density at radius 1 is 1.11 bits per heavy atom. The van der Waals surface area contributed by atoms with E-state index >= 15 is 4.39 Å². The van der Waals surface area contributed by atoms with Crippen molar-refractivity contribution in [2.75, 3.05) is 44.8 Å². The van der Waals surface area contributed by atoms with Crippen molar-refractivity contribution in [2.45, 2.75) is 64.0 Å². The Morgan fingerprint density at radius 2 is 1.98 bits per heavy atom. The topological polar surface area (TPSA) is 83.8 Å². The summed E-state index contributed by atoms with van der Waals surface area (Å²) in [5.41, 5.74) is 0.786. The number of ether oxygens (including phenoxy) is 2. The molecule has 10 heteroatoms. The zero-order valence-electron chi connectivity index (χ0n) is 25.6. The molecule has 3 aliphatic rings. The first kappa shape index (κ1) is 29.1. The number of phenolic OH excluding ortho intramolecular Hbond substituents is 1. The molecule has 3 atom stereocenters. The fourth-order valence-corrected chi connectivity index (χ4v) is 7.89. The number of piperidine rings is 1. The van der Waals surface area contributed by atoms with Crippen LogP contribution in [0.15, 0.2) is 30.5 Å². The number of nitrogens with zero attached hydrogens (tertiary/aromatic N) is 5. The fraction of sp³-hybridized carbons (Fsp3) is 0.500. The molecule has 5 heterocycles. The van der Waals surface area contributed by atoms with Gasteiger partial charge in [0.2, 0.25) is 0 Å². The van der Waals surface area contributed by atoms with Crippen molar-refractivity contribution in [1.82, 2.24) is 19.9 Å². The third kappa shape index (κ3) is 4.92. The molecule has 0 bridgehead atoms. The minimum Gasteiger partial charge on any atom is -0.508 e. The molecule has 0 spiro atoms. The summed E-state index contributed by atoms with van der Waals surface area (Å²) >= 11 is 0. The van der Waals surface area contributed by atoms with Crippen molar-refractivity contribution < 1.29 is 23.4 Å². The first-order valence-electron chi connectivity index (χ1n) is 15.8. The lowest BCUT2D eigenvalue weighted by molar-refractivity contribution is 0.0890. The van der Waals surface area contributed by atoms with E-state index in [1.54, 1.807) is 25.4 Å². The molecular formula is C34H39F2N5O3. The number of benzene rings is 2. The van der Waals surface area contributed by atoms with E-state index in [0.717, 1.165) is 51.7 Å². The molecule has 0 aliphatic carbocycles. The molecule has 3 saturated heterocycles. The molecule has 2 aromatic heterocycles. The first-order chi connectivity index (χ1) is 21.3. The molecule has 0 radical (unpaired) electrons. The Hall–Kier alpha value is -3.63. The maximum absolute atomic E-state index is 16.8. The zero-order chi connectivity index (χ0) is 30.6. The number of phenols is 1. The summed E-state index contributed by atoms with van der Waals surface area (Å²) < 4.78 is 43.8. The number of fused-ring (bicyclic) bond motifs is 3. The largest absolute Gasteiger partial charge is 0.508 e. The summed E-state index contributed by atoms with van der Waals surface area (Å²) in [6.07, 6.45) is 7.10. The Bertz CT molecular complexity index is 1740. The third-order valence-electron chi connectivity index (χ3n) is 9.89. The van der Waals surface area contributed by atoms with Gasteiger partial charge in [-0.2, -0.15) is 9.97 Å². The summed E-state index contributed by atoms with van der Waals surface area (Å²) in [6.45, 7) is 8.03. The van der Waals surface area contributed by atoms with E-state index in [-0.39, 0.29) is 40.4 Å². The van der Waals surface area contributed by atoms with Gasteiger partial charge in [-0.05, 0) is 85.5 Å². The quantitative estimate of drug-likeness (QED) is 0.265. The van der Waals surface area contributed by atoms with Crippen molar-refractivity contribution in [2.24, 2.45) is 5.92 Å². The van der Waals surface area contributed by atoms with Crippen LogP contribution in [0.5, 0.6) is 11.8 Å². The van der Waals surface area contributed by atoms with Crippen LogP contribution in [-0.2, 0) is 11.2 Å². The summed E-state index contributed by atoms with van der Waals surface area (Å²) in [5, 5.41) is 12.2. The zero-order valence-corrected chi connectivity index (χ0v) is 25.6. The smallest absolute Gasteiger partial charge is 0.319 e. The first-order valence-corrected chi connectivity index (χ1v) is 15.8. The standard InChI is InChI=1S/C34H39F2N5O3/c1-4-24-27(35)9-8-21-13-22(42)14-25(28(21)24)30-29(36)31-26(16-37-30)32(40-11-5-7-23(18-40)43-3)39-33(38-31)44-19-34-10-6-12-41(34)17-20(2)15-34/h8-9,13-14,16,20,23,42H,4-7,10-12,15,17-19H2,1-3H3/t20-,23-,34+/m1/s1. The molecule has 1 N–H and O–H groups in total. The van der Waals surface area contributed by atoms with Crippen LogP contribution in [0.3, 0.4) is 0 Å². The van der Waals surface area contributed by atoms with Crippen molar-refractivity contribution in [3.8, 4) is 23.0 Å². The SMILES string of the molecule is CCc1c(F)ccc2cc(O)cc(-c3ncc4c(N5CCC[C@@H](OC)C5)nc(OC[C@@]56CCCN5C[C@H](C)C6)nc4c3F)c12. The van der Waals surface area contributed by atoms with Gasteiger partial charge in [-0.3, -0.25) is 9.88 Å². The van der Waals surface area contributed by atoms with Crippen LogP contribution in [0.4, 0.5) is 14.6 Å². The Labute approximate surface area is 256 Å². The van der Waals surface area contributed by atoms with Gasteiger partial charge in [-0.25, -0.2) is 8.78 Å². The van der Waals surface area contributed by atoms with Gasteiger partial charge in [0.1, 0.15) is 35.2 Å². The van der Waals surface area contributed by atoms with E-state index in [9.17, 15) is 9.50 Å². The van der Waals surface area contributed by atoms with Gasteiger partial charge >= 0.3 is 6.01 Å². The van der Waals surface area contributed by atoms with Crippen molar-refractivity contribution in [3.63, 3.8) is 0 Å². The minimum atomic E-state index is -0.662. The number of hydrogen-bond acceptors (Lipinski definition) is 8. The molecule has 44 heavy (non-hydrogen) atoms. The van der Waals surface area contributed by atoms with Crippen LogP contribution < -0.4 is 9.64 Å². The summed E-state index contributed by atoms with van der Waals surface area (Å²) in [5.74, 6) is 0.0519. The van der Waals surface area contributed by atoms with E-state index in [2.05, 4.69) is 26.7 Å². The fourth-order valence-electron chi connectivity index (χ4n) is 7.89. The molecule has 0 unspecified atom stereocenters. The number of aryl methyl sites for hydroxylation is 1. The van der Waals surface area contributed by atoms with Crippen LogP contribution in [-0.4, -0.2) is 76.5 Å². The van der Waals surface area contributed by atoms with Crippen molar-refractivity contribution in [1.29, 1.82) is 0 Å². The van der Waals surface area contributed by atoms with Crippen molar-refractivity contribution in [3.05, 3.63) is 47.7 Å². The van der Waals surface area contributed by atoms with Gasteiger partial charge in [-0.15, -0.1) is 0 Å². The monoisotopic (exact) mass is 603 g/mol. The maximum Gasteiger partial charge on any atom is 0.319 e. The maximum atomic E-state index is 16.8. The molecule has 3 aliphatic heterocycles. The molecule has 2 aromatic carbocycles. The number of methoxy groups -OCH3 is 1. The second-order valence-electron chi connectivity index (χ2n) is 12.8. The van der Waals surface area contributed by atoms with Crippen LogP contribution in [0.1, 0.15) is 51.5 Å². The molecule has 7 rings (SSSR count). The van der Waals surface area contributed by atoms with Gasteiger partial charge in [0.15, 0.2) is 5.82 Å². The highest BCUT2D eigenvalue weighted by Gasteiger charge is 2.47.